The van der Waals surface area contributed by atoms with E-state index in [9.17, 15) is 9.90 Å². The van der Waals surface area contributed by atoms with Gasteiger partial charge in [-0.25, -0.2) is 4.79 Å². The van der Waals surface area contributed by atoms with Crippen molar-refractivity contribution in [1.29, 1.82) is 0 Å². The van der Waals surface area contributed by atoms with Crippen LogP contribution in [0.5, 0.6) is 0 Å². The summed E-state index contributed by atoms with van der Waals surface area (Å²) in [6, 6.07) is 7.33. The predicted molar refractivity (Wildman–Crippen MR) is 55.9 cm³/mol. The number of carbonyl (C=O) groups excluding carboxylic acids is 1. The van der Waals surface area contributed by atoms with Gasteiger partial charge in [-0.15, -0.1) is 0 Å². The first-order chi connectivity index (χ1) is 7.15. The second-order valence-electron chi connectivity index (χ2n) is 3.02. The summed E-state index contributed by atoms with van der Waals surface area (Å²) in [4.78, 5) is 10.7. The summed E-state index contributed by atoms with van der Waals surface area (Å²) in [5.74, 6) is 3.97. The Labute approximate surface area is 88.7 Å². The fraction of sp³-hybridized carbons (Fsp3) is 0.250. The number of hydrogen-bond acceptors (Lipinski definition) is 3. The molecule has 1 unspecified atom stereocenters. The van der Waals surface area contributed by atoms with Crippen molar-refractivity contribution in [3.8, 4) is 11.8 Å². The van der Waals surface area contributed by atoms with E-state index in [0.717, 1.165) is 5.56 Å². The lowest BCUT2D eigenvalue weighted by Crippen LogP contribution is -1.99. The van der Waals surface area contributed by atoms with Crippen molar-refractivity contribution in [2.45, 2.75) is 13.0 Å². The normalized spacial score (nSPS) is 11.1. The quantitative estimate of drug-likeness (QED) is 0.425. The van der Waals surface area contributed by atoms with Gasteiger partial charge in [0.1, 0.15) is 6.10 Å². The van der Waals surface area contributed by atoms with Gasteiger partial charge in [0.2, 0.25) is 0 Å². The second-order valence-corrected chi connectivity index (χ2v) is 3.02. The summed E-state index contributed by atoms with van der Waals surface area (Å²) in [7, 11) is 1.25. The maximum Gasteiger partial charge on any atom is 0.384 e. The molecule has 1 aromatic rings. The van der Waals surface area contributed by atoms with Crippen molar-refractivity contribution < 1.29 is 14.6 Å². The molecule has 1 atom stereocenters. The van der Waals surface area contributed by atoms with Gasteiger partial charge in [-0.2, -0.15) is 0 Å². The first-order valence-corrected chi connectivity index (χ1v) is 4.48. The summed E-state index contributed by atoms with van der Waals surface area (Å²) in [6.07, 6.45) is -0.953. The molecule has 15 heavy (non-hydrogen) atoms. The van der Waals surface area contributed by atoms with Gasteiger partial charge in [-0.1, -0.05) is 30.2 Å². The summed E-state index contributed by atoms with van der Waals surface area (Å²) >= 11 is 0. The number of methoxy groups -OCH3 is 1. The van der Waals surface area contributed by atoms with Crippen LogP contribution in [0.25, 0.3) is 0 Å². The Balaban J connectivity index is 2.85. The predicted octanol–water partition coefficient (Wildman–Crippen LogP) is 1.20. The minimum absolute atomic E-state index is 0.650. The smallest absolute Gasteiger partial charge is 0.384 e. The number of ether oxygens (including phenoxy) is 1. The van der Waals surface area contributed by atoms with Gasteiger partial charge in [-0.05, 0) is 18.1 Å². The van der Waals surface area contributed by atoms with Gasteiger partial charge in [0, 0.05) is 5.92 Å². The topological polar surface area (TPSA) is 46.5 Å². The van der Waals surface area contributed by atoms with E-state index in [4.69, 9.17) is 0 Å². The fourth-order valence-electron chi connectivity index (χ4n) is 1.15. The Hall–Kier alpha value is -1.79. The molecule has 1 N–H and O–H groups in total. The first-order valence-electron chi connectivity index (χ1n) is 4.48. The van der Waals surface area contributed by atoms with Crippen LogP contribution in [-0.4, -0.2) is 18.2 Å². The SMILES string of the molecule is COC(=O)C#CC(O)c1ccccc1C. The van der Waals surface area contributed by atoms with Crippen LogP contribution in [0.3, 0.4) is 0 Å². The van der Waals surface area contributed by atoms with Crippen LogP contribution in [0, 0.1) is 18.8 Å². The Kier molecular flexibility index (Phi) is 3.90. The van der Waals surface area contributed by atoms with Crippen molar-refractivity contribution in [3.05, 3.63) is 35.4 Å². The minimum Gasteiger partial charge on any atom is -0.459 e. The number of aryl methyl sites for hydroxylation is 1. The van der Waals surface area contributed by atoms with Crippen LogP contribution in [0.4, 0.5) is 0 Å². The van der Waals surface area contributed by atoms with Crippen LogP contribution in [0.1, 0.15) is 17.2 Å². The van der Waals surface area contributed by atoms with E-state index in [2.05, 4.69) is 16.6 Å². The molecular formula is C12H12O3. The van der Waals surface area contributed by atoms with E-state index in [1.807, 2.05) is 25.1 Å². The third-order valence-corrected chi connectivity index (χ3v) is 1.98. The number of aliphatic hydroxyl groups excluding tert-OH is 1. The molecule has 3 nitrogen and oxygen atoms in total. The molecule has 3 heteroatoms. The largest absolute Gasteiger partial charge is 0.459 e. The average Bonchev–Trinajstić information content (AvgIpc) is 2.26. The van der Waals surface area contributed by atoms with E-state index < -0.39 is 12.1 Å². The van der Waals surface area contributed by atoms with E-state index in [-0.39, 0.29) is 0 Å². The maximum atomic E-state index is 10.7. The van der Waals surface area contributed by atoms with Gasteiger partial charge in [0.25, 0.3) is 0 Å². The van der Waals surface area contributed by atoms with Gasteiger partial charge in [-0.3, -0.25) is 0 Å². The van der Waals surface area contributed by atoms with Crippen LogP contribution < -0.4 is 0 Å². The standard InChI is InChI=1S/C12H12O3/c1-9-5-3-4-6-10(9)11(13)7-8-12(14)15-2/h3-6,11,13H,1-2H3. The number of aliphatic hydroxyl groups is 1. The van der Waals surface area contributed by atoms with E-state index in [1.165, 1.54) is 7.11 Å². The molecule has 0 aromatic heterocycles. The molecule has 0 aliphatic carbocycles. The van der Waals surface area contributed by atoms with Crippen molar-refractivity contribution in [2.75, 3.05) is 7.11 Å². The number of benzene rings is 1. The highest BCUT2D eigenvalue weighted by molar-refractivity contribution is 5.88. The lowest BCUT2D eigenvalue weighted by Gasteiger charge is -2.06. The van der Waals surface area contributed by atoms with Gasteiger partial charge in [0.15, 0.2) is 0 Å². The third-order valence-electron chi connectivity index (χ3n) is 1.98. The highest BCUT2D eigenvalue weighted by Gasteiger charge is 2.06. The highest BCUT2D eigenvalue weighted by atomic mass is 16.5. The lowest BCUT2D eigenvalue weighted by molar-refractivity contribution is -0.133. The molecule has 0 radical (unpaired) electrons. The molecule has 0 amide bonds. The Morgan fingerprint density at radius 1 is 1.47 bits per heavy atom. The molecule has 1 rings (SSSR count). The molecule has 0 bridgehead atoms. The summed E-state index contributed by atoms with van der Waals surface area (Å²) < 4.78 is 4.34. The molecule has 0 fully saturated rings. The second kappa shape index (κ2) is 5.18. The first kappa shape index (κ1) is 11.3. The van der Waals surface area contributed by atoms with Crippen molar-refractivity contribution in [2.24, 2.45) is 0 Å². The molecule has 0 aliphatic heterocycles. The van der Waals surface area contributed by atoms with Crippen LogP contribution in [0.15, 0.2) is 24.3 Å². The zero-order valence-corrected chi connectivity index (χ0v) is 8.65. The molecule has 0 spiro atoms. The fourth-order valence-corrected chi connectivity index (χ4v) is 1.15. The van der Waals surface area contributed by atoms with E-state index in [0.29, 0.717) is 5.56 Å². The number of esters is 1. The van der Waals surface area contributed by atoms with Crippen molar-refractivity contribution in [3.63, 3.8) is 0 Å². The molecule has 0 aliphatic rings. The monoisotopic (exact) mass is 204 g/mol. The highest BCUT2D eigenvalue weighted by Crippen LogP contribution is 2.15. The van der Waals surface area contributed by atoms with Crippen molar-refractivity contribution >= 4 is 5.97 Å². The molecule has 1 aromatic carbocycles. The zero-order chi connectivity index (χ0) is 11.3. The number of carbonyl (C=O) groups is 1. The third kappa shape index (κ3) is 3.12. The Morgan fingerprint density at radius 2 is 2.13 bits per heavy atom. The minimum atomic E-state index is -0.953. The van der Waals surface area contributed by atoms with Gasteiger partial charge >= 0.3 is 5.97 Å². The van der Waals surface area contributed by atoms with Crippen molar-refractivity contribution in [1.82, 2.24) is 0 Å². The number of hydrogen-bond donors (Lipinski definition) is 1. The molecular weight excluding hydrogens is 192 g/mol. The van der Waals surface area contributed by atoms with E-state index >= 15 is 0 Å². The molecule has 0 heterocycles. The van der Waals surface area contributed by atoms with E-state index in [1.54, 1.807) is 6.07 Å². The molecule has 78 valence electrons. The van der Waals surface area contributed by atoms with Gasteiger partial charge < -0.3 is 9.84 Å². The average molecular weight is 204 g/mol. The zero-order valence-electron chi connectivity index (χ0n) is 8.65. The summed E-state index contributed by atoms with van der Waals surface area (Å²) in [5.41, 5.74) is 1.64. The van der Waals surface area contributed by atoms with Crippen LogP contribution in [-0.2, 0) is 9.53 Å². The molecule has 0 saturated carbocycles. The van der Waals surface area contributed by atoms with Gasteiger partial charge in [0.05, 0.1) is 7.11 Å². The summed E-state index contributed by atoms with van der Waals surface area (Å²) in [5, 5.41) is 9.66. The lowest BCUT2D eigenvalue weighted by atomic mass is 10.0. The Bertz CT molecular complexity index is 412. The molecule has 0 saturated heterocycles. The summed E-state index contributed by atoms with van der Waals surface area (Å²) in [6.45, 7) is 1.87. The van der Waals surface area contributed by atoms with Crippen LogP contribution >= 0.6 is 0 Å². The Morgan fingerprint density at radius 3 is 2.73 bits per heavy atom. The maximum absolute atomic E-state index is 10.7. The number of rotatable bonds is 1. The van der Waals surface area contributed by atoms with Crippen LogP contribution in [0.2, 0.25) is 0 Å².